The largest absolute Gasteiger partial charge is 0.449 e. The highest BCUT2D eigenvalue weighted by atomic mass is 16.5. The van der Waals surface area contributed by atoms with Crippen LogP contribution in [0.3, 0.4) is 0 Å². The van der Waals surface area contributed by atoms with Gasteiger partial charge >= 0.3 is 5.97 Å². The average molecular weight is 431 g/mol. The zero-order chi connectivity index (χ0) is 22.8. The van der Waals surface area contributed by atoms with Crippen LogP contribution in [0.2, 0.25) is 0 Å². The van der Waals surface area contributed by atoms with E-state index >= 15 is 0 Å². The van der Waals surface area contributed by atoms with Gasteiger partial charge in [0.15, 0.2) is 12.1 Å². The van der Waals surface area contributed by atoms with Crippen molar-refractivity contribution >= 4 is 33.3 Å². The number of carbonyl (C=O) groups excluding carboxylic acids is 1. The Morgan fingerprint density at radius 1 is 0.788 bits per heavy atom. The molecule has 0 radical (unpaired) electrons. The highest BCUT2D eigenvalue weighted by Gasteiger charge is 2.28. The first-order valence-electron chi connectivity index (χ1n) is 10.9. The molecule has 0 amide bonds. The van der Waals surface area contributed by atoms with E-state index in [-0.39, 0.29) is 5.97 Å². The molecular formula is C29H22N2O2. The Bertz CT molecular complexity index is 1420. The number of carbonyl (C=O) groups is 1. The minimum atomic E-state index is -0.628. The van der Waals surface area contributed by atoms with Crippen LogP contribution in [0.15, 0.2) is 103 Å². The van der Waals surface area contributed by atoms with Crippen molar-refractivity contribution in [2.75, 3.05) is 0 Å². The molecule has 0 aliphatic carbocycles. The molecule has 0 unspecified atom stereocenters. The van der Waals surface area contributed by atoms with Crippen molar-refractivity contribution in [2.45, 2.75) is 19.1 Å². The summed E-state index contributed by atoms with van der Waals surface area (Å²) in [5.74, 6) is 0.0216. The van der Waals surface area contributed by atoms with Gasteiger partial charge in [-0.1, -0.05) is 91.5 Å². The molecule has 160 valence electrons. The number of rotatable bonds is 5. The van der Waals surface area contributed by atoms with Gasteiger partial charge in [0.05, 0.1) is 6.20 Å². The number of hydrogen-bond acceptors (Lipinski definition) is 2. The number of nitrogens with zero attached hydrogens (tertiary/aromatic N) is 2. The quantitative estimate of drug-likeness (QED) is 0.218. The Morgan fingerprint density at radius 2 is 1.33 bits per heavy atom. The van der Waals surface area contributed by atoms with E-state index in [2.05, 4.69) is 41.2 Å². The SMILES string of the molecule is [C-]#[N+]c1cccn1[C@@H](C)C(=O)OC(c1cccc2ccccc12)c1cccc2ccccc12. The molecule has 5 rings (SSSR count). The Balaban J connectivity index is 1.65. The second-order valence-corrected chi connectivity index (χ2v) is 8.02. The van der Waals surface area contributed by atoms with Crippen LogP contribution >= 0.6 is 0 Å². The van der Waals surface area contributed by atoms with Gasteiger partial charge < -0.3 is 9.58 Å². The summed E-state index contributed by atoms with van der Waals surface area (Å²) in [5, 5.41) is 4.26. The molecule has 0 aliphatic rings. The first kappa shape index (κ1) is 20.5. The summed E-state index contributed by atoms with van der Waals surface area (Å²) in [6.45, 7) is 9.14. The predicted molar refractivity (Wildman–Crippen MR) is 131 cm³/mol. The van der Waals surface area contributed by atoms with Crippen molar-refractivity contribution in [1.29, 1.82) is 0 Å². The van der Waals surface area contributed by atoms with Crippen LogP contribution in [0.5, 0.6) is 0 Å². The van der Waals surface area contributed by atoms with E-state index in [0.29, 0.717) is 5.82 Å². The molecule has 0 saturated heterocycles. The summed E-state index contributed by atoms with van der Waals surface area (Å²) < 4.78 is 7.91. The lowest BCUT2D eigenvalue weighted by Gasteiger charge is -2.23. The van der Waals surface area contributed by atoms with Crippen LogP contribution in [-0.4, -0.2) is 10.5 Å². The average Bonchev–Trinajstić information content (AvgIpc) is 3.35. The zero-order valence-electron chi connectivity index (χ0n) is 18.2. The van der Waals surface area contributed by atoms with Gasteiger partial charge in [0.1, 0.15) is 0 Å². The molecule has 0 fully saturated rings. The number of esters is 1. The third-order valence-electron chi connectivity index (χ3n) is 6.08. The molecular weight excluding hydrogens is 408 g/mol. The molecule has 0 N–H and O–H groups in total. The molecule has 0 spiro atoms. The summed E-state index contributed by atoms with van der Waals surface area (Å²) in [4.78, 5) is 16.9. The van der Waals surface area contributed by atoms with Crippen molar-refractivity contribution < 1.29 is 9.53 Å². The highest BCUT2D eigenvalue weighted by molar-refractivity contribution is 5.90. The van der Waals surface area contributed by atoms with Crippen molar-refractivity contribution in [3.05, 3.63) is 126 Å². The Hall–Kier alpha value is -4.36. The molecule has 4 heteroatoms. The van der Waals surface area contributed by atoms with Crippen LogP contribution in [0.1, 0.15) is 30.2 Å². The molecule has 0 aliphatic heterocycles. The summed E-state index contributed by atoms with van der Waals surface area (Å²) in [5.41, 5.74) is 1.87. The lowest BCUT2D eigenvalue weighted by atomic mass is 9.92. The molecule has 1 aromatic heterocycles. The standard InChI is InChI=1S/C29H22N2O2/c1-20(31-19-9-18-27(31)30-2)29(32)33-28(25-16-7-12-21-10-3-5-14-23(21)25)26-17-8-13-22-11-4-6-15-24(22)26/h3-20,28H,1H3/t20-/m0/s1. The lowest BCUT2D eigenvalue weighted by Crippen LogP contribution is -2.21. The number of ether oxygens (including phenoxy) is 1. The normalized spacial score (nSPS) is 12.0. The molecule has 4 nitrogen and oxygen atoms in total. The smallest absolute Gasteiger partial charge is 0.350 e. The zero-order valence-corrected chi connectivity index (χ0v) is 18.2. The van der Waals surface area contributed by atoms with E-state index in [1.165, 1.54) is 0 Å². The first-order valence-corrected chi connectivity index (χ1v) is 10.9. The van der Waals surface area contributed by atoms with Crippen LogP contribution in [-0.2, 0) is 9.53 Å². The maximum Gasteiger partial charge on any atom is 0.350 e. The van der Waals surface area contributed by atoms with Crippen LogP contribution in [0.4, 0.5) is 5.82 Å². The van der Waals surface area contributed by atoms with E-state index in [1.807, 2.05) is 48.5 Å². The van der Waals surface area contributed by atoms with Gasteiger partial charge in [0.2, 0.25) is 5.82 Å². The Morgan fingerprint density at radius 3 is 1.91 bits per heavy atom. The van der Waals surface area contributed by atoms with Crippen molar-refractivity contribution in [3.8, 4) is 0 Å². The van der Waals surface area contributed by atoms with Crippen molar-refractivity contribution in [3.63, 3.8) is 0 Å². The topological polar surface area (TPSA) is 35.6 Å². The fourth-order valence-electron chi connectivity index (χ4n) is 4.39. The number of aromatic nitrogens is 1. The third-order valence-corrected chi connectivity index (χ3v) is 6.08. The van der Waals surface area contributed by atoms with Crippen LogP contribution in [0.25, 0.3) is 26.4 Å². The van der Waals surface area contributed by atoms with E-state index in [4.69, 9.17) is 11.3 Å². The van der Waals surface area contributed by atoms with E-state index in [1.54, 1.807) is 29.8 Å². The summed E-state index contributed by atoms with van der Waals surface area (Å²) in [7, 11) is 0. The summed E-state index contributed by atoms with van der Waals surface area (Å²) in [6, 6.07) is 31.2. The van der Waals surface area contributed by atoms with E-state index in [9.17, 15) is 4.79 Å². The second kappa shape index (κ2) is 8.64. The Labute approximate surface area is 192 Å². The van der Waals surface area contributed by atoms with Gasteiger partial charge in [0.25, 0.3) is 0 Å². The van der Waals surface area contributed by atoms with Gasteiger partial charge in [-0.25, -0.2) is 4.79 Å². The summed E-state index contributed by atoms with van der Waals surface area (Å²) in [6.07, 6.45) is 1.15. The molecule has 1 heterocycles. The van der Waals surface area contributed by atoms with E-state index in [0.717, 1.165) is 32.7 Å². The predicted octanol–water partition coefficient (Wildman–Crippen LogP) is 7.24. The van der Waals surface area contributed by atoms with Gasteiger partial charge in [-0.05, 0) is 40.6 Å². The maximum absolute atomic E-state index is 13.4. The fraction of sp³-hybridized carbons (Fsp3) is 0.103. The Kier molecular flexibility index (Phi) is 5.38. The van der Waals surface area contributed by atoms with Crippen LogP contribution in [0, 0.1) is 6.57 Å². The number of benzene rings is 4. The summed E-state index contributed by atoms with van der Waals surface area (Å²) >= 11 is 0. The number of hydrogen-bond donors (Lipinski definition) is 0. The molecule has 33 heavy (non-hydrogen) atoms. The lowest BCUT2D eigenvalue weighted by molar-refractivity contribution is -0.150. The molecule has 1 atom stereocenters. The van der Waals surface area contributed by atoms with Crippen LogP contribution < -0.4 is 0 Å². The minimum Gasteiger partial charge on any atom is -0.449 e. The van der Waals surface area contributed by atoms with Gasteiger partial charge in [-0.15, -0.1) is 0 Å². The maximum atomic E-state index is 13.4. The fourth-order valence-corrected chi connectivity index (χ4v) is 4.39. The monoisotopic (exact) mass is 430 g/mol. The van der Waals surface area contributed by atoms with Gasteiger partial charge in [-0.2, -0.15) is 0 Å². The van der Waals surface area contributed by atoms with Crippen molar-refractivity contribution in [2.24, 2.45) is 0 Å². The first-order chi connectivity index (χ1) is 16.2. The van der Waals surface area contributed by atoms with Gasteiger partial charge in [-0.3, -0.25) is 4.57 Å². The highest BCUT2D eigenvalue weighted by Crippen LogP contribution is 2.36. The second-order valence-electron chi connectivity index (χ2n) is 8.02. The molecule has 5 aromatic rings. The third kappa shape index (κ3) is 3.75. The molecule has 4 aromatic carbocycles. The molecule has 0 bridgehead atoms. The van der Waals surface area contributed by atoms with Gasteiger partial charge in [0, 0.05) is 11.1 Å². The van der Waals surface area contributed by atoms with Crippen molar-refractivity contribution in [1.82, 2.24) is 4.57 Å². The number of fused-ring (bicyclic) bond motifs is 2. The minimum absolute atomic E-state index is 0.387. The molecule has 0 saturated carbocycles. The van der Waals surface area contributed by atoms with E-state index < -0.39 is 12.1 Å².